The minimum atomic E-state index is -0.481. The van der Waals surface area contributed by atoms with Gasteiger partial charge in [0, 0.05) is 23.9 Å². The minimum absolute atomic E-state index is 0.0854. The molecular weight excluding hydrogens is 384 g/mol. The molecule has 0 radical (unpaired) electrons. The third-order valence-corrected chi connectivity index (χ3v) is 4.95. The van der Waals surface area contributed by atoms with E-state index in [1.807, 2.05) is 0 Å². The van der Waals surface area contributed by atoms with Crippen molar-refractivity contribution in [1.82, 2.24) is 19.7 Å². The van der Waals surface area contributed by atoms with Crippen molar-refractivity contribution >= 4 is 17.5 Å². The highest BCUT2D eigenvalue weighted by atomic mass is 32.2. The molecule has 0 saturated carbocycles. The average Bonchev–Trinajstić information content (AvgIpc) is 3.15. The topological polar surface area (TPSA) is 120 Å². The summed E-state index contributed by atoms with van der Waals surface area (Å²) in [6.07, 6.45) is 0.0925. The predicted molar refractivity (Wildman–Crippen MR) is 102 cm³/mol. The number of hydrogen-bond donors (Lipinski definition) is 1. The van der Waals surface area contributed by atoms with Crippen molar-refractivity contribution in [3.8, 4) is 5.75 Å². The number of benzene rings is 1. The van der Waals surface area contributed by atoms with E-state index in [0.717, 1.165) is 16.3 Å². The smallest absolute Gasteiger partial charge is 0.328 e. The van der Waals surface area contributed by atoms with E-state index < -0.39 is 11.2 Å². The van der Waals surface area contributed by atoms with Crippen LogP contribution in [0.25, 0.3) is 0 Å². The van der Waals surface area contributed by atoms with Crippen LogP contribution >= 0.6 is 11.8 Å². The molecule has 1 aromatic carbocycles. The van der Waals surface area contributed by atoms with Gasteiger partial charge in [0.2, 0.25) is 5.89 Å². The Bertz CT molecular complexity index is 1110. The summed E-state index contributed by atoms with van der Waals surface area (Å²) in [6, 6.07) is 6.82. The van der Waals surface area contributed by atoms with Crippen LogP contribution in [-0.2, 0) is 13.5 Å². The second-order valence-corrected chi connectivity index (χ2v) is 6.90. The van der Waals surface area contributed by atoms with Crippen LogP contribution in [0, 0.1) is 6.92 Å². The molecule has 1 N–H and O–H groups in total. The lowest BCUT2D eigenvalue weighted by molar-refractivity contribution is 0.102. The summed E-state index contributed by atoms with van der Waals surface area (Å²) in [4.78, 5) is 38.7. The molecule has 2 aromatic heterocycles. The zero-order valence-corrected chi connectivity index (χ0v) is 16.3. The maximum atomic E-state index is 12.2. The molecule has 0 bridgehead atoms. The number of ether oxygens (including phenoxy) is 1. The fourth-order valence-electron chi connectivity index (χ4n) is 2.49. The lowest BCUT2D eigenvalue weighted by Gasteiger charge is -2.04. The van der Waals surface area contributed by atoms with Crippen molar-refractivity contribution in [3.63, 3.8) is 0 Å². The van der Waals surface area contributed by atoms with Crippen LogP contribution in [0.3, 0.4) is 0 Å². The first-order chi connectivity index (χ1) is 13.4. The quantitative estimate of drug-likeness (QED) is 0.464. The predicted octanol–water partition coefficient (Wildman–Crippen LogP) is 1.34. The van der Waals surface area contributed by atoms with Gasteiger partial charge in [0.25, 0.3) is 10.8 Å². The number of Topliss-reactive ketones (excluding diaryl/α,β-unsaturated/α-hetero) is 1. The second kappa shape index (κ2) is 8.26. The van der Waals surface area contributed by atoms with E-state index in [-0.39, 0.29) is 29.1 Å². The number of ketones is 1. The molecule has 0 amide bonds. The summed E-state index contributed by atoms with van der Waals surface area (Å²) in [5, 5.41) is 8.04. The number of carbonyl (C=O) groups excluding carboxylic acids is 1. The van der Waals surface area contributed by atoms with Gasteiger partial charge in [-0.3, -0.25) is 14.2 Å². The Morgan fingerprint density at radius 3 is 2.64 bits per heavy atom. The van der Waals surface area contributed by atoms with Crippen LogP contribution in [0.4, 0.5) is 0 Å². The molecule has 2 heterocycles. The molecule has 0 aliphatic carbocycles. The van der Waals surface area contributed by atoms with Crippen LogP contribution < -0.4 is 16.0 Å². The highest BCUT2D eigenvalue weighted by molar-refractivity contribution is 7.99. The lowest BCUT2D eigenvalue weighted by atomic mass is 10.1. The van der Waals surface area contributed by atoms with Gasteiger partial charge in [0.15, 0.2) is 5.78 Å². The van der Waals surface area contributed by atoms with Gasteiger partial charge in [-0.2, -0.15) is 0 Å². The lowest BCUT2D eigenvalue weighted by Crippen LogP contribution is -2.36. The molecule has 0 unspecified atom stereocenters. The summed E-state index contributed by atoms with van der Waals surface area (Å²) < 4.78 is 11.6. The average molecular weight is 402 g/mol. The van der Waals surface area contributed by atoms with Gasteiger partial charge in [0.1, 0.15) is 5.75 Å². The third-order valence-electron chi connectivity index (χ3n) is 4.13. The van der Waals surface area contributed by atoms with E-state index in [1.165, 1.54) is 7.05 Å². The first kappa shape index (κ1) is 19.6. The number of carbonyl (C=O) groups is 1. The van der Waals surface area contributed by atoms with Crippen molar-refractivity contribution < 1.29 is 13.9 Å². The van der Waals surface area contributed by atoms with Gasteiger partial charge < -0.3 is 14.1 Å². The van der Waals surface area contributed by atoms with E-state index in [1.54, 1.807) is 38.3 Å². The number of thioether (sulfide) groups is 1. The van der Waals surface area contributed by atoms with Gasteiger partial charge in [-0.25, -0.2) is 4.79 Å². The molecule has 3 rings (SSSR count). The molecule has 0 saturated heterocycles. The molecular formula is C18H18N4O5S. The molecule has 0 fully saturated rings. The van der Waals surface area contributed by atoms with Crippen molar-refractivity contribution in [1.29, 1.82) is 0 Å². The van der Waals surface area contributed by atoms with Crippen LogP contribution in [0.1, 0.15) is 27.5 Å². The molecule has 3 aromatic rings. The molecule has 0 atom stereocenters. The Labute approximate surface area is 163 Å². The van der Waals surface area contributed by atoms with Crippen LogP contribution in [-0.4, -0.2) is 38.4 Å². The molecule has 0 aliphatic rings. The largest absolute Gasteiger partial charge is 0.497 e. The van der Waals surface area contributed by atoms with Gasteiger partial charge in [-0.05, 0) is 31.2 Å². The Morgan fingerprint density at radius 1 is 1.25 bits per heavy atom. The Hall–Kier alpha value is -3.14. The second-order valence-electron chi connectivity index (χ2n) is 5.98. The number of rotatable bonds is 7. The third kappa shape index (κ3) is 4.22. The maximum absolute atomic E-state index is 12.2. The van der Waals surface area contributed by atoms with Crippen molar-refractivity contribution in [3.05, 3.63) is 67.8 Å². The highest BCUT2D eigenvalue weighted by Gasteiger charge is 2.15. The normalized spacial score (nSPS) is 10.8. The van der Waals surface area contributed by atoms with E-state index in [2.05, 4.69) is 15.2 Å². The Morgan fingerprint density at radius 2 is 1.96 bits per heavy atom. The van der Waals surface area contributed by atoms with Crippen molar-refractivity contribution in [2.45, 2.75) is 18.6 Å². The zero-order valence-electron chi connectivity index (χ0n) is 15.5. The van der Waals surface area contributed by atoms with Crippen molar-refractivity contribution in [2.24, 2.45) is 7.05 Å². The molecule has 0 spiro atoms. The number of methoxy groups -OCH3 is 1. The molecule has 28 heavy (non-hydrogen) atoms. The number of nitrogens with one attached hydrogen (secondary N) is 1. The van der Waals surface area contributed by atoms with Crippen LogP contribution in [0.5, 0.6) is 5.75 Å². The maximum Gasteiger partial charge on any atom is 0.328 e. The summed E-state index contributed by atoms with van der Waals surface area (Å²) in [7, 11) is 2.95. The number of aryl methyl sites for hydroxylation is 1. The SMILES string of the molecule is COc1ccc(C(=O)CSc2nnc(Cc3c(C)[nH]c(=O)n(C)c3=O)o2)cc1. The fraction of sp³-hybridized carbons (Fsp3) is 0.278. The number of H-pyrrole nitrogens is 1. The monoisotopic (exact) mass is 402 g/mol. The van der Waals surface area contributed by atoms with Gasteiger partial charge in [-0.15, -0.1) is 10.2 Å². The van der Waals surface area contributed by atoms with Gasteiger partial charge >= 0.3 is 5.69 Å². The molecule has 146 valence electrons. The van der Waals surface area contributed by atoms with Crippen LogP contribution in [0.15, 0.2) is 43.5 Å². The van der Waals surface area contributed by atoms with E-state index in [0.29, 0.717) is 22.6 Å². The summed E-state index contributed by atoms with van der Waals surface area (Å²) >= 11 is 1.12. The fourth-order valence-corrected chi connectivity index (χ4v) is 3.16. The summed E-state index contributed by atoms with van der Waals surface area (Å²) in [5.41, 5.74) is 0.487. The molecule has 10 heteroatoms. The minimum Gasteiger partial charge on any atom is -0.497 e. The Kier molecular flexibility index (Phi) is 5.78. The first-order valence-electron chi connectivity index (χ1n) is 8.30. The van der Waals surface area contributed by atoms with E-state index in [9.17, 15) is 14.4 Å². The number of aromatic nitrogens is 4. The number of hydrogen-bond acceptors (Lipinski definition) is 8. The van der Waals surface area contributed by atoms with Crippen molar-refractivity contribution in [2.75, 3.05) is 12.9 Å². The first-order valence-corrected chi connectivity index (χ1v) is 9.29. The van der Waals surface area contributed by atoms with Gasteiger partial charge in [0.05, 0.1) is 19.3 Å². The summed E-state index contributed by atoms with van der Waals surface area (Å²) in [6.45, 7) is 1.64. The zero-order chi connectivity index (χ0) is 20.3. The Balaban J connectivity index is 1.66. The number of aromatic amines is 1. The summed E-state index contributed by atoms with van der Waals surface area (Å²) in [5.74, 6) is 0.951. The standard InChI is InChI=1S/C18H18N4O5S/c1-10-13(16(24)22(2)17(25)19-10)8-15-20-21-18(27-15)28-9-14(23)11-4-6-12(26-3)7-5-11/h4-7H,8-9H2,1-3H3,(H,19,25). The molecule has 0 aliphatic heterocycles. The van der Waals surface area contributed by atoms with E-state index in [4.69, 9.17) is 9.15 Å². The highest BCUT2D eigenvalue weighted by Crippen LogP contribution is 2.20. The van der Waals surface area contributed by atoms with Gasteiger partial charge in [-0.1, -0.05) is 11.8 Å². The van der Waals surface area contributed by atoms with Crippen LogP contribution in [0.2, 0.25) is 0 Å². The number of nitrogens with zero attached hydrogens (tertiary/aromatic N) is 3. The molecule has 9 nitrogen and oxygen atoms in total. The van der Waals surface area contributed by atoms with E-state index >= 15 is 0 Å².